The maximum absolute atomic E-state index is 6.12. The molecule has 0 atom stereocenters. The second-order valence-corrected chi connectivity index (χ2v) is 7.95. The Morgan fingerprint density at radius 1 is 1.06 bits per heavy atom. The van der Waals surface area contributed by atoms with Crippen LogP contribution in [-0.4, -0.2) is 48.2 Å². The summed E-state index contributed by atoms with van der Waals surface area (Å²) in [4.78, 5) is 11.5. The summed E-state index contributed by atoms with van der Waals surface area (Å²) < 4.78 is 5.29. The summed E-state index contributed by atoms with van der Waals surface area (Å²) in [5.41, 5.74) is 4.03. The highest BCUT2D eigenvalue weighted by Crippen LogP contribution is 2.29. The van der Waals surface area contributed by atoms with Crippen molar-refractivity contribution in [1.82, 2.24) is 20.2 Å². The largest absolute Gasteiger partial charge is 0.495 e. The smallest absolute Gasteiger partial charge is 0.229 e. The number of rotatable bonds is 7. The molecule has 1 aromatic heterocycles. The van der Waals surface area contributed by atoms with Crippen molar-refractivity contribution in [3.63, 3.8) is 0 Å². The first-order valence-corrected chi connectivity index (χ1v) is 10.7. The summed E-state index contributed by atoms with van der Waals surface area (Å²) >= 11 is 6.12. The number of piperazine rings is 1. The number of nitrogens with zero attached hydrogens (tertiary/aromatic N) is 3. The summed E-state index contributed by atoms with van der Waals surface area (Å²) in [5, 5.41) is 10.6. The van der Waals surface area contributed by atoms with Crippen molar-refractivity contribution in [2.24, 2.45) is 0 Å². The van der Waals surface area contributed by atoms with E-state index in [1.54, 1.807) is 19.4 Å². The zero-order valence-corrected chi connectivity index (χ0v) is 18.5. The van der Waals surface area contributed by atoms with E-state index in [-0.39, 0.29) is 0 Å². The van der Waals surface area contributed by atoms with Crippen LogP contribution < -0.4 is 20.7 Å². The normalized spacial score (nSPS) is 14.3. The molecule has 0 bridgehead atoms. The van der Waals surface area contributed by atoms with Crippen molar-refractivity contribution >= 4 is 34.7 Å². The van der Waals surface area contributed by atoms with E-state index in [0.717, 1.165) is 55.5 Å². The molecule has 4 rings (SSSR count). The van der Waals surface area contributed by atoms with E-state index in [1.165, 1.54) is 5.56 Å². The topological polar surface area (TPSA) is 74.3 Å². The number of methoxy groups -OCH3 is 1. The van der Waals surface area contributed by atoms with Crippen LogP contribution in [0.25, 0.3) is 0 Å². The average molecular weight is 439 g/mol. The fourth-order valence-electron chi connectivity index (χ4n) is 3.45. The molecule has 162 valence electrons. The monoisotopic (exact) mass is 438 g/mol. The van der Waals surface area contributed by atoms with Gasteiger partial charge in [0.25, 0.3) is 0 Å². The minimum atomic E-state index is 0.531. The number of nitrogens with one attached hydrogen (secondary N) is 3. The molecule has 2 heterocycles. The molecule has 31 heavy (non-hydrogen) atoms. The Morgan fingerprint density at radius 3 is 2.55 bits per heavy atom. The number of hydrogen-bond donors (Lipinski definition) is 3. The standard InChI is InChI=1S/C23H27ClN6O/c1-16-14-26-23(29-22(16)27-19-7-8-20(24)21(13-19)31-2)28-18-5-3-17(4-6-18)15-30-11-9-25-10-12-30/h3-8,13-14,25H,9-12,15H2,1-2H3,(H2,26,27,28,29). The van der Waals surface area contributed by atoms with Crippen LogP contribution in [0.1, 0.15) is 11.1 Å². The lowest BCUT2D eigenvalue weighted by Crippen LogP contribution is -2.42. The van der Waals surface area contributed by atoms with E-state index in [2.05, 4.69) is 55.1 Å². The number of anilines is 4. The van der Waals surface area contributed by atoms with E-state index < -0.39 is 0 Å². The lowest BCUT2D eigenvalue weighted by atomic mass is 10.2. The molecular formula is C23H27ClN6O. The van der Waals surface area contributed by atoms with Crippen LogP contribution in [0.5, 0.6) is 5.75 Å². The fraction of sp³-hybridized carbons (Fsp3) is 0.304. The molecule has 0 saturated carbocycles. The Labute approximate surface area is 187 Å². The van der Waals surface area contributed by atoms with Gasteiger partial charge in [-0.1, -0.05) is 23.7 Å². The molecule has 0 radical (unpaired) electrons. The van der Waals surface area contributed by atoms with Crippen molar-refractivity contribution in [2.75, 3.05) is 43.9 Å². The number of aryl methyl sites for hydroxylation is 1. The summed E-state index contributed by atoms with van der Waals surface area (Å²) in [7, 11) is 1.60. The van der Waals surface area contributed by atoms with Gasteiger partial charge in [0.05, 0.1) is 12.1 Å². The minimum absolute atomic E-state index is 0.531. The number of aromatic nitrogens is 2. The van der Waals surface area contributed by atoms with Crippen LogP contribution in [0, 0.1) is 6.92 Å². The highest BCUT2D eigenvalue weighted by Gasteiger charge is 2.10. The highest BCUT2D eigenvalue weighted by atomic mass is 35.5. The molecule has 1 aliphatic heterocycles. The summed E-state index contributed by atoms with van der Waals surface area (Å²) in [5.74, 6) is 1.86. The molecule has 8 heteroatoms. The molecule has 7 nitrogen and oxygen atoms in total. The first kappa shape index (κ1) is 21.4. The van der Waals surface area contributed by atoms with Gasteiger partial charge in [0.1, 0.15) is 11.6 Å². The van der Waals surface area contributed by atoms with Crippen LogP contribution in [0.15, 0.2) is 48.7 Å². The predicted octanol–water partition coefficient (Wildman–Crippen LogP) is 4.34. The second kappa shape index (κ2) is 9.96. The number of halogens is 1. The van der Waals surface area contributed by atoms with E-state index in [9.17, 15) is 0 Å². The van der Waals surface area contributed by atoms with E-state index in [4.69, 9.17) is 16.3 Å². The number of benzene rings is 2. The van der Waals surface area contributed by atoms with Crippen molar-refractivity contribution in [1.29, 1.82) is 0 Å². The lowest BCUT2D eigenvalue weighted by Gasteiger charge is -2.27. The molecular weight excluding hydrogens is 412 g/mol. The van der Waals surface area contributed by atoms with Gasteiger partial charge >= 0.3 is 0 Å². The SMILES string of the molecule is COc1cc(Nc2nc(Nc3ccc(CN4CCNCC4)cc3)ncc2C)ccc1Cl. The van der Waals surface area contributed by atoms with Gasteiger partial charge in [-0.25, -0.2) is 4.98 Å². The molecule has 0 amide bonds. The number of ether oxygens (including phenoxy) is 1. The van der Waals surface area contributed by atoms with Gasteiger partial charge in [-0.2, -0.15) is 4.98 Å². The third kappa shape index (κ3) is 5.64. The van der Waals surface area contributed by atoms with Gasteiger partial charge in [0.15, 0.2) is 0 Å². The van der Waals surface area contributed by atoms with Crippen molar-refractivity contribution in [3.05, 3.63) is 64.8 Å². The lowest BCUT2D eigenvalue weighted by molar-refractivity contribution is 0.233. The van der Waals surface area contributed by atoms with E-state index in [0.29, 0.717) is 16.7 Å². The fourth-order valence-corrected chi connectivity index (χ4v) is 3.65. The summed E-state index contributed by atoms with van der Waals surface area (Å²) in [6.45, 7) is 7.23. The maximum Gasteiger partial charge on any atom is 0.229 e. The molecule has 3 N–H and O–H groups in total. The maximum atomic E-state index is 6.12. The highest BCUT2D eigenvalue weighted by molar-refractivity contribution is 6.32. The average Bonchev–Trinajstić information content (AvgIpc) is 2.79. The van der Waals surface area contributed by atoms with Gasteiger partial charge in [0.2, 0.25) is 5.95 Å². The van der Waals surface area contributed by atoms with Gasteiger partial charge in [-0.15, -0.1) is 0 Å². The Balaban J connectivity index is 1.43. The Hall–Kier alpha value is -2.87. The first-order chi connectivity index (χ1) is 15.1. The van der Waals surface area contributed by atoms with Crippen LogP contribution in [-0.2, 0) is 6.54 Å². The van der Waals surface area contributed by atoms with Crippen LogP contribution in [0.3, 0.4) is 0 Å². The molecule has 2 aromatic carbocycles. The summed E-state index contributed by atoms with van der Waals surface area (Å²) in [6, 6.07) is 14.0. The number of hydrogen-bond acceptors (Lipinski definition) is 7. The quantitative estimate of drug-likeness (QED) is 0.506. The van der Waals surface area contributed by atoms with Crippen molar-refractivity contribution in [2.45, 2.75) is 13.5 Å². The molecule has 1 fully saturated rings. The third-order valence-electron chi connectivity index (χ3n) is 5.21. The van der Waals surface area contributed by atoms with Gasteiger partial charge in [-0.3, -0.25) is 4.90 Å². The Bertz CT molecular complexity index is 1020. The Morgan fingerprint density at radius 2 is 1.81 bits per heavy atom. The van der Waals surface area contributed by atoms with Crippen LogP contribution >= 0.6 is 11.6 Å². The first-order valence-electron chi connectivity index (χ1n) is 10.3. The van der Waals surface area contributed by atoms with E-state index in [1.807, 2.05) is 19.1 Å². The van der Waals surface area contributed by atoms with E-state index >= 15 is 0 Å². The zero-order chi connectivity index (χ0) is 21.6. The minimum Gasteiger partial charge on any atom is -0.495 e. The van der Waals surface area contributed by atoms with Crippen LogP contribution in [0.4, 0.5) is 23.1 Å². The third-order valence-corrected chi connectivity index (χ3v) is 5.52. The molecule has 0 unspecified atom stereocenters. The van der Waals surface area contributed by atoms with Crippen molar-refractivity contribution in [3.8, 4) is 5.75 Å². The van der Waals surface area contributed by atoms with Gasteiger partial charge in [-0.05, 0) is 36.8 Å². The van der Waals surface area contributed by atoms with Gasteiger partial charge < -0.3 is 20.7 Å². The second-order valence-electron chi connectivity index (χ2n) is 7.55. The Kier molecular flexibility index (Phi) is 6.86. The summed E-state index contributed by atoms with van der Waals surface area (Å²) in [6.07, 6.45) is 1.80. The zero-order valence-electron chi connectivity index (χ0n) is 17.8. The van der Waals surface area contributed by atoms with Gasteiger partial charge in [0, 0.05) is 61.9 Å². The molecule has 1 saturated heterocycles. The molecule has 0 aliphatic carbocycles. The molecule has 0 spiro atoms. The van der Waals surface area contributed by atoms with Crippen LogP contribution in [0.2, 0.25) is 5.02 Å². The molecule has 1 aliphatic rings. The van der Waals surface area contributed by atoms with Crippen molar-refractivity contribution < 1.29 is 4.74 Å². The predicted molar refractivity (Wildman–Crippen MR) is 126 cm³/mol. The molecule has 3 aromatic rings.